The molecule has 29 heavy (non-hydrogen) atoms. The summed E-state index contributed by atoms with van der Waals surface area (Å²) in [7, 11) is 0. The zero-order valence-corrected chi connectivity index (χ0v) is 17.3. The molecule has 0 saturated carbocycles. The molecular formula is C21H18N4O2S2. The third-order valence-corrected chi connectivity index (χ3v) is 6.85. The Balaban J connectivity index is 1.53. The van der Waals surface area contributed by atoms with Crippen LogP contribution in [0.15, 0.2) is 63.1 Å². The molecule has 0 aliphatic heterocycles. The van der Waals surface area contributed by atoms with Crippen LogP contribution in [0, 0.1) is 0 Å². The van der Waals surface area contributed by atoms with Crippen LogP contribution >= 0.6 is 23.1 Å². The van der Waals surface area contributed by atoms with Gasteiger partial charge in [0.15, 0.2) is 5.16 Å². The van der Waals surface area contributed by atoms with E-state index in [1.165, 1.54) is 11.8 Å². The molecule has 0 saturated heterocycles. The van der Waals surface area contributed by atoms with Crippen molar-refractivity contribution in [2.24, 2.45) is 0 Å². The highest BCUT2D eigenvalue weighted by Gasteiger charge is 2.16. The minimum absolute atomic E-state index is 0.0329. The molecule has 4 aromatic heterocycles. The van der Waals surface area contributed by atoms with Crippen molar-refractivity contribution >= 4 is 44.3 Å². The monoisotopic (exact) mass is 422 g/mol. The van der Waals surface area contributed by atoms with Crippen molar-refractivity contribution in [1.82, 2.24) is 19.5 Å². The molecule has 0 unspecified atom stereocenters. The molecule has 8 heteroatoms. The Morgan fingerprint density at radius 3 is 2.90 bits per heavy atom. The van der Waals surface area contributed by atoms with Gasteiger partial charge in [-0.2, -0.15) is 0 Å². The molecule has 1 N–H and O–H groups in total. The Labute approximate surface area is 174 Å². The van der Waals surface area contributed by atoms with E-state index >= 15 is 0 Å². The zero-order valence-electron chi connectivity index (χ0n) is 15.7. The number of nitrogens with one attached hydrogen (secondary N) is 1. The van der Waals surface area contributed by atoms with E-state index in [2.05, 4.69) is 16.9 Å². The summed E-state index contributed by atoms with van der Waals surface area (Å²) in [5.74, 6) is 2.18. The number of rotatable bonds is 6. The van der Waals surface area contributed by atoms with E-state index in [1.807, 2.05) is 42.5 Å². The van der Waals surface area contributed by atoms with Gasteiger partial charge < -0.3 is 9.40 Å². The molecule has 0 atom stereocenters. The van der Waals surface area contributed by atoms with E-state index in [4.69, 9.17) is 9.40 Å². The third kappa shape index (κ3) is 3.49. The van der Waals surface area contributed by atoms with Crippen molar-refractivity contribution in [2.75, 3.05) is 0 Å². The molecule has 5 aromatic rings. The molecule has 0 aliphatic carbocycles. The molecule has 0 aliphatic rings. The Morgan fingerprint density at radius 1 is 1.21 bits per heavy atom. The largest absolute Gasteiger partial charge is 0.467 e. The number of imidazole rings is 1. The first-order valence-electron chi connectivity index (χ1n) is 9.33. The zero-order chi connectivity index (χ0) is 19.8. The molecule has 0 fully saturated rings. The summed E-state index contributed by atoms with van der Waals surface area (Å²) in [6.45, 7) is 2.44. The maximum absolute atomic E-state index is 13.2. The number of aromatic nitrogens is 4. The second-order valence-electron chi connectivity index (χ2n) is 6.64. The van der Waals surface area contributed by atoms with Gasteiger partial charge in [0.2, 0.25) is 0 Å². The number of benzene rings is 1. The summed E-state index contributed by atoms with van der Waals surface area (Å²) in [4.78, 5) is 27.9. The van der Waals surface area contributed by atoms with Gasteiger partial charge in [0.25, 0.3) is 5.56 Å². The van der Waals surface area contributed by atoms with E-state index in [-0.39, 0.29) is 5.56 Å². The highest BCUT2D eigenvalue weighted by atomic mass is 32.2. The minimum Gasteiger partial charge on any atom is -0.467 e. The number of hydrogen-bond donors (Lipinski definition) is 1. The van der Waals surface area contributed by atoms with Gasteiger partial charge in [-0.25, -0.2) is 9.97 Å². The maximum Gasteiger partial charge on any atom is 0.263 e. The fraction of sp³-hybridized carbons (Fsp3) is 0.190. The molecule has 0 bridgehead atoms. The van der Waals surface area contributed by atoms with Crippen LogP contribution in [0.25, 0.3) is 21.3 Å². The molecule has 1 aromatic carbocycles. The number of aromatic amines is 1. The molecule has 4 heterocycles. The quantitative estimate of drug-likeness (QED) is 0.313. The summed E-state index contributed by atoms with van der Waals surface area (Å²) in [5, 5.41) is 1.34. The number of para-hydroxylation sites is 2. The smallest absolute Gasteiger partial charge is 0.263 e. The first kappa shape index (κ1) is 18.2. The summed E-state index contributed by atoms with van der Waals surface area (Å²) in [6, 6.07) is 13.6. The van der Waals surface area contributed by atoms with Crippen LogP contribution in [-0.4, -0.2) is 19.5 Å². The number of hydrogen-bond acceptors (Lipinski definition) is 6. The topological polar surface area (TPSA) is 76.7 Å². The van der Waals surface area contributed by atoms with Gasteiger partial charge in [-0.3, -0.25) is 9.36 Å². The van der Waals surface area contributed by atoms with Crippen molar-refractivity contribution in [3.05, 3.63) is 75.5 Å². The van der Waals surface area contributed by atoms with Gasteiger partial charge >= 0.3 is 0 Å². The Hall–Kier alpha value is -2.84. The third-order valence-electron chi connectivity index (χ3n) is 4.69. The number of fused-ring (bicyclic) bond motifs is 2. The van der Waals surface area contributed by atoms with Crippen molar-refractivity contribution in [3.8, 4) is 0 Å². The van der Waals surface area contributed by atoms with Crippen molar-refractivity contribution < 1.29 is 4.42 Å². The standard InChI is InChI=1S/C21H18N4O2S2/c1-2-14-10-15-19(29-14)24-21(25(20(15)26)11-13-6-5-9-27-13)28-12-18-22-16-7-3-4-8-17(16)23-18/h3-10H,2,11-12H2,1H3,(H,22,23). The lowest BCUT2D eigenvalue weighted by Crippen LogP contribution is -2.23. The lowest BCUT2D eigenvalue weighted by molar-refractivity contribution is 0.477. The van der Waals surface area contributed by atoms with Crippen LogP contribution in [0.4, 0.5) is 0 Å². The van der Waals surface area contributed by atoms with Crippen LogP contribution in [0.3, 0.4) is 0 Å². The highest BCUT2D eigenvalue weighted by Crippen LogP contribution is 2.27. The van der Waals surface area contributed by atoms with Crippen LogP contribution in [0.5, 0.6) is 0 Å². The first-order chi connectivity index (χ1) is 14.2. The van der Waals surface area contributed by atoms with E-state index in [0.29, 0.717) is 22.8 Å². The number of furan rings is 1. The molecule has 0 radical (unpaired) electrons. The van der Waals surface area contributed by atoms with E-state index < -0.39 is 0 Å². The Morgan fingerprint density at radius 2 is 2.10 bits per heavy atom. The van der Waals surface area contributed by atoms with Gasteiger partial charge in [-0.05, 0) is 36.8 Å². The molecule has 0 spiro atoms. The van der Waals surface area contributed by atoms with Crippen LogP contribution in [0.1, 0.15) is 23.4 Å². The van der Waals surface area contributed by atoms with E-state index in [1.54, 1.807) is 22.2 Å². The Kier molecular flexibility index (Phi) is 4.73. The molecule has 146 valence electrons. The van der Waals surface area contributed by atoms with Crippen molar-refractivity contribution in [1.29, 1.82) is 0 Å². The summed E-state index contributed by atoms with van der Waals surface area (Å²) < 4.78 is 7.17. The number of thiophene rings is 1. The number of H-pyrrole nitrogens is 1. The SMILES string of the molecule is CCc1cc2c(=O)n(Cc3ccco3)c(SCc3nc4ccccc4[nH]3)nc2s1. The fourth-order valence-electron chi connectivity index (χ4n) is 3.24. The fourth-order valence-corrected chi connectivity index (χ4v) is 5.11. The second-order valence-corrected chi connectivity index (χ2v) is 8.70. The lowest BCUT2D eigenvalue weighted by Gasteiger charge is -2.10. The van der Waals surface area contributed by atoms with Gasteiger partial charge in [0.05, 0.1) is 35.0 Å². The molecular weight excluding hydrogens is 404 g/mol. The number of aryl methyl sites for hydroxylation is 1. The van der Waals surface area contributed by atoms with Crippen LogP contribution in [-0.2, 0) is 18.7 Å². The van der Waals surface area contributed by atoms with Crippen molar-refractivity contribution in [2.45, 2.75) is 30.8 Å². The summed E-state index contributed by atoms with van der Waals surface area (Å²) >= 11 is 3.09. The lowest BCUT2D eigenvalue weighted by atomic mass is 10.3. The molecule has 0 amide bonds. The van der Waals surface area contributed by atoms with E-state index in [9.17, 15) is 4.79 Å². The molecule has 6 nitrogen and oxygen atoms in total. The number of thioether (sulfide) groups is 1. The average molecular weight is 423 g/mol. The van der Waals surface area contributed by atoms with Gasteiger partial charge in [0, 0.05) is 4.88 Å². The van der Waals surface area contributed by atoms with Crippen LogP contribution < -0.4 is 5.56 Å². The average Bonchev–Trinajstić information content (AvgIpc) is 3.47. The normalized spacial score (nSPS) is 11.6. The second kappa shape index (κ2) is 7.53. The van der Waals surface area contributed by atoms with Crippen molar-refractivity contribution in [3.63, 3.8) is 0 Å². The first-order valence-corrected chi connectivity index (χ1v) is 11.1. The predicted octanol–water partition coefficient (Wildman–Crippen LogP) is 4.83. The highest BCUT2D eigenvalue weighted by molar-refractivity contribution is 7.98. The van der Waals surface area contributed by atoms with Gasteiger partial charge in [-0.1, -0.05) is 30.8 Å². The van der Waals surface area contributed by atoms with Crippen LogP contribution in [0.2, 0.25) is 0 Å². The Bertz CT molecular complexity index is 1320. The summed E-state index contributed by atoms with van der Waals surface area (Å²) in [6.07, 6.45) is 2.51. The maximum atomic E-state index is 13.2. The number of nitrogens with zero attached hydrogens (tertiary/aromatic N) is 3. The summed E-state index contributed by atoms with van der Waals surface area (Å²) in [5.41, 5.74) is 1.91. The van der Waals surface area contributed by atoms with E-state index in [0.717, 1.165) is 38.7 Å². The minimum atomic E-state index is -0.0329. The predicted molar refractivity (Wildman–Crippen MR) is 117 cm³/mol. The van der Waals surface area contributed by atoms with Gasteiger partial charge in [0.1, 0.15) is 16.4 Å². The van der Waals surface area contributed by atoms with Gasteiger partial charge in [-0.15, -0.1) is 11.3 Å². The molecule has 5 rings (SSSR count).